The molecule has 1 aliphatic rings. The predicted octanol–water partition coefficient (Wildman–Crippen LogP) is 1.99. The summed E-state index contributed by atoms with van der Waals surface area (Å²) in [6, 6.07) is 0. The van der Waals surface area contributed by atoms with Crippen LogP contribution >= 0.6 is 23.1 Å². The zero-order valence-electron chi connectivity index (χ0n) is 11.8. The molecule has 1 N–H and O–H groups in total. The lowest BCUT2D eigenvalue weighted by Crippen LogP contribution is -2.32. The number of rotatable bonds is 7. The van der Waals surface area contributed by atoms with Crippen molar-refractivity contribution in [1.82, 2.24) is 10.3 Å². The Kier molecular flexibility index (Phi) is 6.43. The SMILES string of the molecule is CCc1nc(N2CCSCC2)sc1CNCCOC. The van der Waals surface area contributed by atoms with Gasteiger partial charge in [0.25, 0.3) is 0 Å². The molecular weight excluding hydrogens is 278 g/mol. The first-order valence-electron chi connectivity index (χ1n) is 6.86. The Hall–Kier alpha value is -0.300. The third-order valence-corrected chi connectivity index (χ3v) is 5.25. The van der Waals surface area contributed by atoms with Crippen molar-refractivity contribution in [3.63, 3.8) is 0 Å². The Morgan fingerprint density at radius 2 is 2.16 bits per heavy atom. The Morgan fingerprint density at radius 1 is 1.37 bits per heavy atom. The van der Waals surface area contributed by atoms with E-state index in [2.05, 4.69) is 17.1 Å². The van der Waals surface area contributed by atoms with Crippen molar-refractivity contribution in [3.05, 3.63) is 10.6 Å². The summed E-state index contributed by atoms with van der Waals surface area (Å²) in [6.45, 7) is 7.02. The fraction of sp³-hybridized carbons (Fsp3) is 0.769. The van der Waals surface area contributed by atoms with Gasteiger partial charge >= 0.3 is 0 Å². The van der Waals surface area contributed by atoms with Gasteiger partial charge in [0.2, 0.25) is 0 Å². The second-order valence-corrected chi connectivity index (χ2v) is 6.78. The highest BCUT2D eigenvalue weighted by atomic mass is 32.2. The van der Waals surface area contributed by atoms with Gasteiger partial charge in [-0.05, 0) is 6.42 Å². The number of thiazole rings is 1. The molecule has 108 valence electrons. The molecule has 1 aromatic heterocycles. The molecule has 0 radical (unpaired) electrons. The van der Waals surface area contributed by atoms with Gasteiger partial charge in [-0.15, -0.1) is 11.3 Å². The molecule has 0 amide bonds. The smallest absolute Gasteiger partial charge is 0.185 e. The second kappa shape index (κ2) is 8.09. The molecule has 0 atom stereocenters. The topological polar surface area (TPSA) is 37.4 Å². The molecule has 1 fully saturated rings. The van der Waals surface area contributed by atoms with Crippen molar-refractivity contribution in [1.29, 1.82) is 0 Å². The van der Waals surface area contributed by atoms with Crippen molar-refractivity contribution in [2.24, 2.45) is 0 Å². The van der Waals surface area contributed by atoms with Crippen LogP contribution < -0.4 is 10.2 Å². The zero-order valence-corrected chi connectivity index (χ0v) is 13.4. The molecule has 1 aromatic rings. The number of hydrogen-bond donors (Lipinski definition) is 1. The maximum absolute atomic E-state index is 5.05. The molecule has 0 unspecified atom stereocenters. The highest BCUT2D eigenvalue weighted by Gasteiger charge is 2.17. The van der Waals surface area contributed by atoms with Crippen LogP contribution in [0.25, 0.3) is 0 Å². The summed E-state index contributed by atoms with van der Waals surface area (Å²) in [5, 5.41) is 4.63. The van der Waals surface area contributed by atoms with Gasteiger partial charge < -0.3 is 15.0 Å². The summed E-state index contributed by atoms with van der Waals surface area (Å²) < 4.78 is 5.05. The number of aryl methyl sites for hydroxylation is 1. The molecule has 0 aliphatic carbocycles. The van der Waals surface area contributed by atoms with Crippen LogP contribution in [0.1, 0.15) is 17.5 Å². The lowest BCUT2D eigenvalue weighted by atomic mass is 10.3. The van der Waals surface area contributed by atoms with Gasteiger partial charge in [-0.25, -0.2) is 4.98 Å². The van der Waals surface area contributed by atoms with E-state index >= 15 is 0 Å². The van der Waals surface area contributed by atoms with Crippen LogP contribution in [-0.2, 0) is 17.7 Å². The third kappa shape index (κ3) is 4.34. The number of thioether (sulfide) groups is 1. The summed E-state index contributed by atoms with van der Waals surface area (Å²) >= 11 is 3.89. The van der Waals surface area contributed by atoms with Crippen molar-refractivity contribution in [3.8, 4) is 0 Å². The number of methoxy groups -OCH3 is 1. The van der Waals surface area contributed by atoms with E-state index in [1.165, 1.54) is 27.2 Å². The molecule has 2 heterocycles. The van der Waals surface area contributed by atoms with Crippen LogP contribution in [0.3, 0.4) is 0 Å². The Balaban J connectivity index is 1.95. The van der Waals surface area contributed by atoms with Crippen molar-refractivity contribution >= 4 is 28.2 Å². The summed E-state index contributed by atoms with van der Waals surface area (Å²) in [4.78, 5) is 8.63. The lowest BCUT2D eigenvalue weighted by molar-refractivity contribution is 0.199. The summed E-state index contributed by atoms with van der Waals surface area (Å²) in [7, 11) is 1.73. The number of nitrogens with one attached hydrogen (secondary N) is 1. The van der Waals surface area contributed by atoms with E-state index in [0.717, 1.165) is 39.2 Å². The molecule has 1 aliphatic heterocycles. The van der Waals surface area contributed by atoms with E-state index in [1.807, 2.05) is 23.1 Å². The number of ether oxygens (including phenoxy) is 1. The van der Waals surface area contributed by atoms with Gasteiger partial charge in [0.05, 0.1) is 12.3 Å². The first kappa shape index (κ1) is 15.1. The highest BCUT2D eigenvalue weighted by molar-refractivity contribution is 7.99. The van der Waals surface area contributed by atoms with Gasteiger partial charge in [0, 0.05) is 49.7 Å². The number of nitrogens with zero attached hydrogens (tertiary/aromatic N) is 2. The summed E-state index contributed by atoms with van der Waals surface area (Å²) in [5.74, 6) is 2.45. The predicted molar refractivity (Wildman–Crippen MR) is 84.6 cm³/mol. The Morgan fingerprint density at radius 3 is 2.84 bits per heavy atom. The van der Waals surface area contributed by atoms with Gasteiger partial charge in [0.1, 0.15) is 0 Å². The lowest BCUT2D eigenvalue weighted by Gasteiger charge is -2.25. The molecule has 0 spiro atoms. The van der Waals surface area contributed by atoms with Gasteiger partial charge in [-0.3, -0.25) is 0 Å². The minimum Gasteiger partial charge on any atom is -0.383 e. The van der Waals surface area contributed by atoms with Gasteiger partial charge in [-0.2, -0.15) is 11.8 Å². The quantitative estimate of drug-likeness (QED) is 0.780. The average molecular weight is 301 g/mol. The molecular formula is C13H23N3OS2. The van der Waals surface area contributed by atoms with E-state index in [-0.39, 0.29) is 0 Å². The third-order valence-electron chi connectivity index (χ3n) is 3.15. The molecule has 0 aromatic carbocycles. The molecule has 19 heavy (non-hydrogen) atoms. The summed E-state index contributed by atoms with van der Waals surface area (Å²) in [5.41, 5.74) is 1.25. The molecule has 0 saturated carbocycles. The maximum atomic E-state index is 5.05. The van der Waals surface area contributed by atoms with E-state index in [4.69, 9.17) is 9.72 Å². The fourth-order valence-electron chi connectivity index (χ4n) is 2.05. The van der Waals surface area contributed by atoms with E-state index in [0.29, 0.717) is 0 Å². The normalized spacial score (nSPS) is 16.0. The van der Waals surface area contributed by atoms with Crippen molar-refractivity contribution in [2.45, 2.75) is 19.9 Å². The minimum absolute atomic E-state index is 0.760. The molecule has 6 heteroatoms. The van der Waals surface area contributed by atoms with Gasteiger partial charge in [-0.1, -0.05) is 6.92 Å². The van der Waals surface area contributed by atoms with E-state index < -0.39 is 0 Å². The fourth-order valence-corrected chi connectivity index (χ4v) is 4.12. The largest absolute Gasteiger partial charge is 0.383 e. The molecule has 4 nitrogen and oxygen atoms in total. The average Bonchev–Trinajstić information content (AvgIpc) is 2.88. The van der Waals surface area contributed by atoms with Gasteiger partial charge in [0.15, 0.2) is 5.13 Å². The van der Waals surface area contributed by atoms with Crippen LogP contribution in [0.2, 0.25) is 0 Å². The van der Waals surface area contributed by atoms with Crippen LogP contribution in [0.4, 0.5) is 5.13 Å². The zero-order chi connectivity index (χ0) is 13.5. The highest BCUT2D eigenvalue weighted by Crippen LogP contribution is 2.28. The van der Waals surface area contributed by atoms with Crippen LogP contribution in [0.5, 0.6) is 0 Å². The number of aromatic nitrogens is 1. The Bertz CT molecular complexity index is 378. The first-order chi connectivity index (χ1) is 9.35. The van der Waals surface area contributed by atoms with E-state index in [1.54, 1.807) is 7.11 Å². The molecule has 1 saturated heterocycles. The second-order valence-electron chi connectivity index (χ2n) is 4.49. The van der Waals surface area contributed by atoms with E-state index in [9.17, 15) is 0 Å². The molecule has 0 bridgehead atoms. The summed E-state index contributed by atoms with van der Waals surface area (Å²) in [6.07, 6.45) is 1.01. The Labute approximate surface area is 123 Å². The van der Waals surface area contributed by atoms with Crippen LogP contribution in [0.15, 0.2) is 0 Å². The maximum Gasteiger partial charge on any atom is 0.185 e. The van der Waals surface area contributed by atoms with Crippen LogP contribution in [0, 0.1) is 0 Å². The van der Waals surface area contributed by atoms with Crippen LogP contribution in [-0.4, -0.2) is 49.8 Å². The first-order valence-corrected chi connectivity index (χ1v) is 8.83. The number of hydrogen-bond acceptors (Lipinski definition) is 6. The standard InChI is InChI=1S/C13H23N3OS2/c1-3-11-12(10-14-4-7-17-2)19-13(15-11)16-5-8-18-9-6-16/h14H,3-10H2,1-2H3. The minimum atomic E-state index is 0.760. The number of anilines is 1. The van der Waals surface area contributed by atoms with Crippen molar-refractivity contribution < 1.29 is 4.74 Å². The monoisotopic (exact) mass is 301 g/mol. The molecule has 2 rings (SSSR count). The van der Waals surface area contributed by atoms with Crippen molar-refractivity contribution in [2.75, 3.05) is 49.8 Å².